The molecule has 0 radical (unpaired) electrons. The molecule has 2 aliphatic rings. The number of anilines is 1. The van der Waals surface area contributed by atoms with Crippen LogP contribution in [0.3, 0.4) is 0 Å². The Morgan fingerprint density at radius 2 is 1.89 bits per heavy atom. The van der Waals surface area contributed by atoms with E-state index in [1.54, 1.807) is 4.88 Å². The monoisotopic (exact) mass is 384 g/mol. The molecule has 4 rings (SSSR count). The summed E-state index contributed by atoms with van der Waals surface area (Å²) < 4.78 is 0. The molecule has 1 fully saturated rings. The van der Waals surface area contributed by atoms with E-state index in [4.69, 9.17) is 0 Å². The number of hydrogen-bond acceptors (Lipinski definition) is 3. The number of thiophene rings is 1. The van der Waals surface area contributed by atoms with Crippen molar-refractivity contribution in [2.75, 3.05) is 39.1 Å². The van der Waals surface area contributed by atoms with Crippen LogP contribution in [0.2, 0.25) is 0 Å². The number of carbonyl (C=O) groups excluding carboxylic acids is 1. The number of benzene rings is 1. The molecule has 1 aliphatic carbocycles. The molecule has 1 aliphatic heterocycles. The molecule has 5 heteroatoms. The van der Waals surface area contributed by atoms with Crippen LogP contribution in [0.15, 0.2) is 35.7 Å². The Bertz CT molecular complexity index is 794. The van der Waals surface area contributed by atoms with Gasteiger partial charge in [-0.15, -0.1) is 11.3 Å². The summed E-state index contributed by atoms with van der Waals surface area (Å²) in [4.78, 5) is 19.9. The van der Waals surface area contributed by atoms with Gasteiger partial charge in [0.1, 0.15) is 6.04 Å². The van der Waals surface area contributed by atoms with Gasteiger partial charge in [0, 0.05) is 56.2 Å². The second-order valence-electron chi connectivity index (χ2n) is 8.26. The average molecular weight is 385 g/mol. The minimum Gasteiger partial charge on any atom is -0.378 e. The van der Waals surface area contributed by atoms with Crippen LogP contribution in [0.1, 0.15) is 34.9 Å². The maximum atomic E-state index is 12.9. The van der Waals surface area contributed by atoms with E-state index < -0.39 is 0 Å². The molecule has 1 N–H and O–H groups in total. The zero-order valence-corrected chi connectivity index (χ0v) is 17.4. The van der Waals surface area contributed by atoms with Crippen LogP contribution >= 0.6 is 11.3 Å². The number of carbonyl (C=O) groups is 1. The second kappa shape index (κ2) is 7.64. The van der Waals surface area contributed by atoms with Gasteiger partial charge in [-0.05, 0) is 42.0 Å². The summed E-state index contributed by atoms with van der Waals surface area (Å²) in [6, 6.07) is 11.3. The Kier molecular flexibility index (Phi) is 5.24. The number of nitrogens with one attached hydrogen (secondary N) is 1. The Morgan fingerprint density at radius 1 is 1.15 bits per heavy atom. The lowest BCUT2D eigenvalue weighted by Crippen LogP contribution is -3.14. The molecule has 1 unspecified atom stereocenters. The molecule has 2 heterocycles. The summed E-state index contributed by atoms with van der Waals surface area (Å²) in [5.74, 6) is 1.04. The second-order valence-corrected chi connectivity index (χ2v) is 9.26. The van der Waals surface area contributed by atoms with E-state index in [0.717, 1.165) is 18.9 Å². The zero-order chi connectivity index (χ0) is 19.0. The summed E-state index contributed by atoms with van der Waals surface area (Å²) in [5.41, 5.74) is 3.90. The Morgan fingerprint density at radius 3 is 2.56 bits per heavy atom. The van der Waals surface area contributed by atoms with Crippen molar-refractivity contribution in [2.24, 2.45) is 5.92 Å². The largest absolute Gasteiger partial charge is 0.378 e. The van der Waals surface area contributed by atoms with E-state index >= 15 is 0 Å². The number of likely N-dealkylation sites (N-methyl/N-ethyl adjacent to an activating group) is 1. The van der Waals surface area contributed by atoms with E-state index in [1.807, 2.05) is 37.4 Å². The molecule has 144 valence electrons. The van der Waals surface area contributed by atoms with Gasteiger partial charge in [-0.3, -0.25) is 4.79 Å². The molecular weight excluding hydrogens is 354 g/mol. The summed E-state index contributed by atoms with van der Waals surface area (Å²) in [5, 5.41) is 2.23. The minimum atomic E-state index is 0.256. The summed E-state index contributed by atoms with van der Waals surface area (Å²) in [7, 11) is 6.02. The maximum Gasteiger partial charge on any atom is 0.277 e. The predicted molar refractivity (Wildman–Crippen MR) is 111 cm³/mol. The Hall–Kier alpha value is -1.85. The van der Waals surface area contributed by atoms with Gasteiger partial charge in [-0.1, -0.05) is 12.1 Å². The van der Waals surface area contributed by atoms with Gasteiger partial charge < -0.3 is 14.7 Å². The molecule has 1 aromatic carbocycles. The molecule has 0 saturated heterocycles. The summed E-state index contributed by atoms with van der Waals surface area (Å²) >= 11 is 1.89. The standard InChI is InChI=1S/C22H29N3OS/c1-23(2)18-8-4-16(5-9-18)14-24(3)21(26)15-25-12-10-20-19(11-13-27-20)22(25)17-6-7-17/h4-5,8-9,11,13,17,22H,6-7,10,12,14-15H2,1-3H3/p+1/t22-/m0/s1. The number of hydrogen-bond donors (Lipinski definition) is 1. The molecule has 2 atom stereocenters. The van der Waals surface area contributed by atoms with Gasteiger partial charge in [0.25, 0.3) is 5.91 Å². The van der Waals surface area contributed by atoms with Crippen LogP contribution in [0, 0.1) is 5.92 Å². The van der Waals surface area contributed by atoms with Gasteiger partial charge in [0.2, 0.25) is 0 Å². The van der Waals surface area contributed by atoms with Crippen molar-refractivity contribution >= 4 is 22.9 Å². The summed E-state index contributed by atoms with van der Waals surface area (Å²) in [6.45, 7) is 2.38. The normalized spacial score (nSPS) is 21.6. The lowest BCUT2D eigenvalue weighted by atomic mass is 9.96. The van der Waals surface area contributed by atoms with Gasteiger partial charge >= 0.3 is 0 Å². The van der Waals surface area contributed by atoms with Gasteiger partial charge in [-0.2, -0.15) is 0 Å². The number of amides is 1. The molecule has 1 aromatic heterocycles. The number of nitrogens with zero attached hydrogens (tertiary/aromatic N) is 2. The molecule has 4 nitrogen and oxygen atoms in total. The highest BCUT2D eigenvalue weighted by Crippen LogP contribution is 2.42. The molecule has 1 saturated carbocycles. The topological polar surface area (TPSA) is 28.0 Å². The van der Waals surface area contributed by atoms with Gasteiger partial charge in [-0.25, -0.2) is 0 Å². The third kappa shape index (κ3) is 4.04. The van der Waals surface area contributed by atoms with Crippen molar-refractivity contribution in [3.8, 4) is 0 Å². The van der Waals surface area contributed by atoms with Gasteiger partial charge in [0.05, 0.1) is 6.54 Å². The molecule has 1 amide bonds. The zero-order valence-electron chi connectivity index (χ0n) is 16.6. The highest BCUT2D eigenvalue weighted by molar-refractivity contribution is 7.10. The lowest BCUT2D eigenvalue weighted by Gasteiger charge is -2.33. The minimum absolute atomic E-state index is 0.256. The third-order valence-corrected chi connectivity index (χ3v) is 6.99. The fourth-order valence-electron chi connectivity index (χ4n) is 4.29. The smallest absolute Gasteiger partial charge is 0.277 e. The number of fused-ring (bicyclic) bond motifs is 1. The van der Waals surface area contributed by atoms with Gasteiger partial charge in [0.15, 0.2) is 6.54 Å². The maximum absolute atomic E-state index is 12.9. The van der Waals surface area contributed by atoms with Crippen LogP contribution in [-0.2, 0) is 17.8 Å². The fraction of sp³-hybridized carbons (Fsp3) is 0.500. The van der Waals surface area contributed by atoms with E-state index in [0.29, 0.717) is 19.1 Å². The average Bonchev–Trinajstić information content (AvgIpc) is 3.38. The predicted octanol–water partition coefficient (Wildman–Crippen LogP) is 2.36. The van der Waals surface area contributed by atoms with Crippen molar-refractivity contribution in [1.29, 1.82) is 0 Å². The summed E-state index contributed by atoms with van der Waals surface area (Å²) in [6.07, 6.45) is 3.77. The quantitative estimate of drug-likeness (QED) is 0.828. The van der Waals surface area contributed by atoms with Crippen molar-refractivity contribution < 1.29 is 9.69 Å². The van der Waals surface area contributed by atoms with Crippen molar-refractivity contribution in [1.82, 2.24) is 4.90 Å². The van der Waals surface area contributed by atoms with Crippen molar-refractivity contribution in [2.45, 2.75) is 31.8 Å². The molecule has 27 heavy (non-hydrogen) atoms. The van der Waals surface area contributed by atoms with Crippen LogP contribution in [0.4, 0.5) is 5.69 Å². The van der Waals surface area contributed by atoms with Crippen LogP contribution < -0.4 is 9.80 Å². The van der Waals surface area contributed by atoms with Crippen molar-refractivity contribution in [3.63, 3.8) is 0 Å². The number of quaternary nitrogens is 1. The highest BCUT2D eigenvalue weighted by Gasteiger charge is 2.43. The third-order valence-electron chi connectivity index (χ3n) is 6.00. The van der Waals surface area contributed by atoms with Crippen molar-refractivity contribution in [3.05, 3.63) is 51.7 Å². The molecular formula is C22H30N3OS+. The SMILES string of the molecule is CN(Cc1ccc(N(C)C)cc1)C(=O)C[NH+]1CCc2sccc2[C@@H]1C1CC1. The highest BCUT2D eigenvalue weighted by atomic mass is 32.1. The first kappa shape index (κ1) is 18.5. The van der Waals surface area contributed by atoms with E-state index in [2.05, 4.69) is 40.6 Å². The first-order chi connectivity index (χ1) is 13.0. The lowest BCUT2D eigenvalue weighted by molar-refractivity contribution is -0.929. The molecule has 2 aromatic rings. The molecule has 0 spiro atoms. The molecule has 0 bridgehead atoms. The Labute approximate surface area is 166 Å². The van der Waals surface area contributed by atoms with Crippen LogP contribution in [0.25, 0.3) is 0 Å². The van der Waals surface area contributed by atoms with Crippen LogP contribution in [0.5, 0.6) is 0 Å². The van der Waals surface area contributed by atoms with E-state index in [1.165, 1.54) is 34.6 Å². The van der Waals surface area contributed by atoms with E-state index in [9.17, 15) is 4.79 Å². The fourth-order valence-corrected chi connectivity index (χ4v) is 5.22. The Balaban J connectivity index is 1.39. The first-order valence-corrected chi connectivity index (χ1v) is 10.8. The van der Waals surface area contributed by atoms with Crippen LogP contribution in [-0.4, -0.2) is 45.0 Å². The first-order valence-electron chi connectivity index (χ1n) is 9.94. The number of rotatable bonds is 6. The van der Waals surface area contributed by atoms with E-state index in [-0.39, 0.29) is 5.91 Å².